The number of amides is 2. The molecule has 3 aromatic rings. The normalized spacial score (nSPS) is 14.3. The van der Waals surface area contributed by atoms with Gasteiger partial charge in [0, 0.05) is 12.6 Å². The number of nitrogens with zero attached hydrogens (tertiary/aromatic N) is 2. The molecule has 1 unspecified atom stereocenters. The highest BCUT2D eigenvalue weighted by atomic mass is 32.2. The fourth-order valence-electron chi connectivity index (χ4n) is 5.19. The van der Waals surface area contributed by atoms with Crippen molar-refractivity contribution in [2.75, 3.05) is 18.0 Å². The smallest absolute Gasteiger partial charge is 0.264 e. The van der Waals surface area contributed by atoms with Gasteiger partial charge in [0.25, 0.3) is 10.0 Å². The van der Waals surface area contributed by atoms with Crippen molar-refractivity contribution in [3.63, 3.8) is 0 Å². The molecule has 3 aromatic carbocycles. The summed E-state index contributed by atoms with van der Waals surface area (Å²) in [5.41, 5.74) is 2.04. The Labute approximate surface area is 243 Å². The zero-order valence-corrected chi connectivity index (χ0v) is 24.8. The van der Waals surface area contributed by atoms with E-state index in [2.05, 4.69) is 5.32 Å². The number of hydrogen-bond donors (Lipinski definition) is 1. The molecule has 1 atom stereocenters. The second kappa shape index (κ2) is 13.7. The van der Waals surface area contributed by atoms with Crippen LogP contribution in [0.15, 0.2) is 83.8 Å². The summed E-state index contributed by atoms with van der Waals surface area (Å²) in [6.07, 6.45) is 4.55. The van der Waals surface area contributed by atoms with E-state index < -0.39 is 28.5 Å². The van der Waals surface area contributed by atoms with Gasteiger partial charge in [0.2, 0.25) is 11.8 Å². The lowest BCUT2D eigenvalue weighted by atomic mass is 10.1. The molecule has 218 valence electrons. The van der Waals surface area contributed by atoms with Gasteiger partial charge in [-0.25, -0.2) is 8.42 Å². The van der Waals surface area contributed by atoms with Gasteiger partial charge in [-0.2, -0.15) is 0 Å². The first kappa shape index (κ1) is 30.1. The highest BCUT2D eigenvalue weighted by molar-refractivity contribution is 7.92. The van der Waals surface area contributed by atoms with Gasteiger partial charge in [0.15, 0.2) is 0 Å². The number of para-hydroxylation sites is 1. The number of ether oxygens (including phenoxy) is 1. The molecule has 1 aliphatic carbocycles. The minimum absolute atomic E-state index is 0.0902. The molecule has 1 fully saturated rings. The average Bonchev–Trinajstić information content (AvgIpc) is 3.52. The third kappa shape index (κ3) is 7.27. The van der Waals surface area contributed by atoms with Gasteiger partial charge < -0.3 is 15.0 Å². The SMILES string of the molecule is CCc1ccccc1N(CC(=O)N(Cc1ccc(OC)cc1)C(C)C(=O)NC1CCCC1)S(=O)(=O)c1ccccc1. The topological polar surface area (TPSA) is 96.0 Å². The summed E-state index contributed by atoms with van der Waals surface area (Å²) < 4.78 is 34.4. The van der Waals surface area contributed by atoms with Gasteiger partial charge in [0.1, 0.15) is 18.3 Å². The minimum Gasteiger partial charge on any atom is -0.497 e. The van der Waals surface area contributed by atoms with Crippen LogP contribution in [0.3, 0.4) is 0 Å². The lowest BCUT2D eigenvalue weighted by Gasteiger charge is -2.33. The summed E-state index contributed by atoms with van der Waals surface area (Å²) >= 11 is 0. The van der Waals surface area contributed by atoms with Crippen LogP contribution in [-0.2, 0) is 32.6 Å². The Morgan fingerprint density at radius 3 is 2.22 bits per heavy atom. The third-order valence-electron chi connectivity index (χ3n) is 7.63. The molecule has 2 amide bonds. The molecule has 1 N–H and O–H groups in total. The summed E-state index contributed by atoms with van der Waals surface area (Å²) in [6, 6.07) is 21.8. The monoisotopic (exact) mass is 577 g/mol. The van der Waals surface area contributed by atoms with Crippen molar-refractivity contribution in [2.45, 2.75) is 69.5 Å². The van der Waals surface area contributed by atoms with Crippen molar-refractivity contribution in [1.29, 1.82) is 0 Å². The van der Waals surface area contributed by atoms with E-state index in [0.717, 1.165) is 36.8 Å². The van der Waals surface area contributed by atoms with Crippen molar-refractivity contribution >= 4 is 27.5 Å². The number of carbonyl (C=O) groups is 2. The van der Waals surface area contributed by atoms with Crippen molar-refractivity contribution in [2.24, 2.45) is 0 Å². The maximum absolute atomic E-state index is 14.1. The van der Waals surface area contributed by atoms with Crippen molar-refractivity contribution < 1.29 is 22.7 Å². The van der Waals surface area contributed by atoms with Crippen LogP contribution in [0, 0.1) is 0 Å². The Balaban J connectivity index is 1.70. The Morgan fingerprint density at radius 2 is 1.59 bits per heavy atom. The number of methoxy groups -OCH3 is 1. The Bertz CT molecular complexity index is 1420. The molecule has 8 nitrogen and oxygen atoms in total. The van der Waals surface area contributed by atoms with Gasteiger partial charge in [-0.3, -0.25) is 13.9 Å². The number of nitrogens with one attached hydrogen (secondary N) is 1. The van der Waals surface area contributed by atoms with E-state index in [-0.39, 0.29) is 23.4 Å². The molecule has 0 bridgehead atoms. The molecule has 0 heterocycles. The molecule has 0 saturated heterocycles. The second-order valence-corrected chi connectivity index (χ2v) is 12.2. The molecule has 0 spiro atoms. The Kier molecular flexibility index (Phi) is 10.0. The van der Waals surface area contributed by atoms with Crippen LogP contribution in [0.5, 0.6) is 5.75 Å². The van der Waals surface area contributed by atoms with E-state index in [0.29, 0.717) is 17.9 Å². The lowest BCUT2D eigenvalue weighted by molar-refractivity contribution is -0.139. The van der Waals surface area contributed by atoms with E-state index in [1.54, 1.807) is 56.5 Å². The zero-order chi connectivity index (χ0) is 29.4. The van der Waals surface area contributed by atoms with Crippen molar-refractivity contribution in [3.05, 3.63) is 90.0 Å². The van der Waals surface area contributed by atoms with Crippen LogP contribution >= 0.6 is 0 Å². The number of aryl methyl sites for hydroxylation is 1. The molecule has 4 rings (SSSR count). The predicted molar refractivity (Wildman–Crippen MR) is 160 cm³/mol. The van der Waals surface area contributed by atoms with E-state index in [9.17, 15) is 18.0 Å². The zero-order valence-electron chi connectivity index (χ0n) is 24.0. The fourth-order valence-corrected chi connectivity index (χ4v) is 6.66. The molecule has 9 heteroatoms. The quantitative estimate of drug-likeness (QED) is 0.329. The highest BCUT2D eigenvalue weighted by Crippen LogP contribution is 2.28. The third-order valence-corrected chi connectivity index (χ3v) is 9.41. The second-order valence-electron chi connectivity index (χ2n) is 10.3. The summed E-state index contributed by atoms with van der Waals surface area (Å²) in [5.74, 6) is -0.0413. The number of rotatable bonds is 12. The number of hydrogen-bond acceptors (Lipinski definition) is 5. The van der Waals surface area contributed by atoms with E-state index in [1.807, 2.05) is 31.2 Å². The van der Waals surface area contributed by atoms with E-state index >= 15 is 0 Å². The van der Waals surface area contributed by atoms with Crippen LogP contribution in [0.4, 0.5) is 5.69 Å². The molecule has 0 aromatic heterocycles. The number of benzene rings is 3. The number of carbonyl (C=O) groups excluding carboxylic acids is 2. The minimum atomic E-state index is -4.09. The van der Waals surface area contributed by atoms with Crippen molar-refractivity contribution in [3.8, 4) is 5.75 Å². The van der Waals surface area contributed by atoms with Crippen LogP contribution in [0.1, 0.15) is 50.7 Å². The summed E-state index contributed by atoms with van der Waals surface area (Å²) in [4.78, 5) is 29.0. The molecule has 1 aliphatic rings. The number of sulfonamides is 1. The summed E-state index contributed by atoms with van der Waals surface area (Å²) in [5, 5.41) is 3.09. The van der Waals surface area contributed by atoms with Gasteiger partial charge in [-0.1, -0.05) is 68.3 Å². The highest BCUT2D eigenvalue weighted by Gasteiger charge is 2.34. The van der Waals surface area contributed by atoms with Crippen LogP contribution in [0.25, 0.3) is 0 Å². The Hall–Kier alpha value is -3.85. The van der Waals surface area contributed by atoms with Gasteiger partial charge >= 0.3 is 0 Å². The van der Waals surface area contributed by atoms with Crippen molar-refractivity contribution in [1.82, 2.24) is 10.2 Å². The van der Waals surface area contributed by atoms with E-state index in [4.69, 9.17) is 4.74 Å². The van der Waals surface area contributed by atoms with Gasteiger partial charge in [-0.05, 0) is 67.6 Å². The maximum atomic E-state index is 14.1. The Morgan fingerprint density at radius 1 is 0.951 bits per heavy atom. The van der Waals surface area contributed by atoms with Crippen LogP contribution in [-0.4, -0.2) is 50.9 Å². The molecule has 0 radical (unpaired) electrons. The average molecular weight is 578 g/mol. The molecular weight excluding hydrogens is 538 g/mol. The molecule has 0 aliphatic heterocycles. The standard InChI is InChI=1S/C32H39N3O5S/c1-4-26-12-8-11-17-30(26)35(41(38,39)29-15-6-5-7-16-29)23-31(36)34(22-25-18-20-28(40-3)21-19-25)24(2)32(37)33-27-13-9-10-14-27/h5-8,11-12,15-21,24,27H,4,9-10,13-14,22-23H2,1-3H3,(H,33,37). The first-order valence-electron chi connectivity index (χ1n) is 14.1. The lowest BCUT2D eigenvalue weighted by Crippen LogP contribution is -2.52. The van der Waals surface area contributed by atoms with Gasteiger partial charge in [0.05, 0.1) is 17.7 Å². The largest absolute Gasteiger partial charge is 0.497 e. The fraction of sp³-hybridized carbons (Fsp3) is 0.375. The maximum Gasteiger partial charge on any atom is 0.264 e. The molecule has 41 heavy (non-hydrogen) atoms. The predicted octanol–water partition coefficient (Wildman–Crippen LogP) is 4.93. The summed E-state index contributed by atoms with van der Waals surface area (Å²) in [6.45, 7) is 3.32. The molecular formula is C32H39N3O5S. The van der Waals surface area contributed by atoms with Gasteiger partial charge in [-0.15, -0.1) is 0 Å². The first-order valence-corrected chi connectivity index (χ1v) is 15.6. The number of anilines is 1. The molecule has 1 saturated carbocycles. The van der Waals surface area contributed by atoms with E-state index in [1.165, 1.54) is 21.3 Å². The van der Waals surface area contributed by atoms with Crippen LogP contribution in [0.2, 0.25) is 0 Å². The van der Waals surface area contributed by atoms with Crippen LogP contribution < -0.4 is 14.4 Å². The first-order chi connectivity index (χ1) is 19.7. The summed E-state index contributed by atoms with van der Waals surface area (Å²) in [7, 11) is -2.51.